The van der Waals surface area contributed by atoms with E-state index in [-0.39, 0.29) is 5.76 Å². The maximum atomic E-state index is 11.8. The Bertz CT molecular complexity index is 856. The van der Waals surface area contributed by atoms with E-state index >= 15 is 0 Å². The van der Waals surface area contributed by atoms with Gasteiger partial charge in [0.05, 0.1) is 17.1 Å². The molecule has 0 amide bonds. The Kier molecular flexibility index (Phi) is 4.55. The van der Waals surface area contributed by atoms with Crippen LogP contribution < -0.4 is 10.5 Å². The van der Waals surface area contributed by atoms with Crippen molar-refractivity contribution in [3.05, 3.63) is 62.5 Å². The van der Waals surface area contributed by atoms with E-state index in [1.54, 1.807) is 16.7 Å². The van der Waals surface area contributed by atoms with Crippen molar-refractivity contribution in [1.82, 2.24) is 4.57 Å². The molecule has 0 bridgehead atoms. The molecule has 0 N–H and O–H groups in total. The van der Waals surface area contributed by atoms with Crippen LogP contribution in [0.25, 0.3) is 11.1 Å². The van der Waals surface area contributed by atoms with Gasteiger partial charge in [-0.25, -0.2) is 4.79 Å². The number of benzene rings is 2. The highest BCUT2D eigenvalue weighted by Gasteiger charge is 2.08. The minimum absolute atomic E-state index is 0.345. The van der Waals surface area contributed by atoms with Crippen LogP contribution >= 0.6 is 27.5 Å². The summed E-state index contributed by atoms with van der Waals surface area (Å²) in [6.07, 6.45) is 0.676. The number of hydrogen-bond donors (Lipinski definition) is 0. The third-order valence-corrected chi connectivity index (χ3v) is 4.04. The van der Waals surface area contributed by atoms with Gasteiger partial charge in [0.2, 0.25) is 0 Å². The summed E-state index contributed by atoms with van der Waals surface area (Å²) in [5.74, 6) is 0.289. The molecule has 0 fully saturated rings. The monoisotopic (exact) mass is 381 g/mol. The number of halogens is 2. The van der Waals surface area contributed by atoms with Gasteiger partial charge in [-0.3, -0.25) is 4.57 Å². The van der Waals surface area contributed by atoms with E-state index in [1.165, 1.54) is 0 Å². The van der Waals surface area contributed by atoms with E-state index in [0.29, 0.717) is 35.9 Å². The molecule has 0 saturated heterocycles. The van der Waals surface area contributed by atoms with E-state index in [4.69, 9.17) is 20.8 Å². The highest BCUT2D eigenvalue weighted by atomic mass is 79.9. The van der Waals surface area contributed by atoms with Gasteiger partial charge in [0.1, 0.15) is 5.75 Å². The Labute approximate surface area is 140 Å². The van der Waals surface area contributed by atoms with Gasteiger partial charge in [-0.05, 0) is 36.8 Å². The highest BCUT2D eigenvalue weighted by molar-refractivity contribution is 9.10. The fourth-order valence-corrected chi connectivity index (χ4v) is 2.95. The lowest BCUT2D eigenvalue weighted by atomic mass is 10.3. The molecule has 0 radical (unpaired) electrons. The molecule has 3 aromatic rings. The van der Waals surface area contributed by atoms with Crippen molar-refractivity contribution in [3.63, 3.8) is 0 Å². The fourth-order valence-electron chi connectivity index (χ4n) is 2.22. The van der Waals surface area contributed by atoms with Gasteiger partial charge in [-0.2, -0.15) is 0 Å². The summed E-state index contributed by atoms with van der Waals surface area (Å²) >= 11 is 9.43. The van der Waals surface area contributed by atoms with Crippen LogP contribution in [-0.2, 0) is 6.54 Å². The van der Waals surface area contributed by atoms with Gasteiger partial charge in [-0.15, -0.1) is 0 Å². The summed E-state index contributed by atoms with van der Waals surface area (Å²) in [5, 5.41) is 0.556. The van der Waals surface area contributed by atoms with Crippen LogP contribution in [0.5, 0.6) is 5.75 Å². The zero-order chi connectivity index (χ0) is 15.5. The van der Waals surface area contributed by atoms with E-state index in [0.717, 1.165) is 9.99 Å². The number of oxazole rings is 1. The molecule has 4 nitrogen and oxygen atoms in total. The normalized spacial score (nSPS) is 11.0. The second-order valence-electron chi connectivity index (χ2n) is 4.76. The summed E-state index contributed by atoms with van der Waals surface area (Å²) in [5.41, 5.74) is 1.40. The first-order valence-electron chi connectivity index (χ1n) is 6.81. The van der Waals surface area contributed by atoms with E-state index in [1.807, 2.05) is 30.3 Å². The molecule has 0 saturated carbocycles. The van der Waals surface area contributed by atoms with Crippen molar-refractivity contribution in [1.29, 1.82) is 0 Å². The molecule has 0 unspecified atom stereocenters. The predicted octanol–water partition coefficient (Wildman–Crippen LogP) is 4.48. The smallest absolute Gasteiger partial charge is 0.419 e. The lowest BCUT2D eigenvalue weighted by molar-refractivity contribution is 0.300. The minimum atomic E-state index is -0.345. The third kappa shape index (κ3) is 3.20. The van der Waals surface area contributed by atoms with Crippen molar-refractivity contribution in [3.8, 4) is 5.75 Å². The Balaban J connectivity index is 1.63. The molecule has 3 rings (SSSR count). The van der Waals surface area contributed by atoms with Gasteiger partial charge < -0.3 is 9.15 Å². The summed E-state index contributed by atoms with van der Waals surface area (Å²) in [6, 6.07) is 12.8. The van der Waals surface area contributed by atoms with Crippen molar-refractivity contribution in [2.75, 3.05) is 6.61 Å². The standard InChI is InChI=1S/C16H13BrClNO3/c17-11-6-7-14(12(18)10-11)21-9-3-8-19-13-4-1-2-5-15(13)22-16(19)20/h1-2,4-7,10H,3,8-9H2. The molecule has 0 aliphatic carbocycles. The van der Waals surface area contributed by atoms with Gasteiger partial charge in [0, 0.05) is 11.0 Å². The number of para-hydroxylation sites is 2. The SMILES string of the molecule is O=c1oc2ccccc2n1CCCOc1ccc(Br)cc1Cl. The highest BCUT2D eigenvalue weighted by Crippen LogP contribution is 2.27. The number of hydrogen-bond acceptors (Lipinski definition) is 3. The zero-order valence-corrected chi connectivity index (χ0v) is 13.9. The number of ether oxygens (including phenoxy) is 1. The van der Waals surface area contributed by atoms with Crippen molar-refractivity contribution >= 4 is 38.6 Å². The van der Waals surface area contributed by atoms with Crippen LogP contribution in [0.2, 0.25) is 5.02 Å². The molecule has 0 aliphatic heterocycles. The first kappa shape index (κ1) is 15.2. The maximum Gasteiger partial charge on any atom is 0.419 e. The van der Waals surface area contributed by atoms with E-state index in [9.17, 15) is 4.79 Å². The first-order valence-corrected chi connectivity index (χ1v) is 7.98. The summed E-state index contributed by atoms with van der Waals surface area (Å²) in [4.78, 5) is 11.8. The van der Waals surface area contributed by atoms with Gasteiger partial charge >= 0.3 is 5.76 Å². The lowest BCUT2D eigenvalue weighted by Gasteiger charge is -2.08. The second kappa shape index (κ2) is 6.58. The van der Waals surface area contributed by atoms with Crippen LogP contribution in [0.1, 0.15) is 6.42 Å². The maximum absolute atomic E-state index is 11.8. The molecule has 0 spiro atoms. The molecular weight excluding hydrogens is 370 g/mol. The van der Waals surface area contributed by atoms with E-state index in [2.05, 4.69) is 15.9 Å². The Morgan fingerprint density at radius 3 is 2.86 bits per heavy atom. The van der Waals surface area contributed by atoms with Crippen LogP contribution in [0.4, 0.5) is 0 Å². The predicted molar refractivity (Wildman–Crippen MR) is 89.7 cm³/mol. The number of rotatable bonds is 5. The van der Waals surface area contributed by atoms with Crippen molar-refractivity contribution in [2.45, 2.75) is 13.0 Å². The topological polar surface area (TPSA) is 44.4 Å². The average Bonchev–Trinajstić information content (AvgIpc) is 2.81. The molecule has 22 heavy (non-hydrogen) atoms. The van der Waals surface area contributed by atoms with Gasteiger partial charge in [0.25, 0.3) is 0 Å². The lowest BCUT2D eigenvalue weighted by Crippen LogP contribution is -2.15. The van der Waals surface area contributed by atoms with Gasteiger partial charge in [-0.1, -0.05) is 39.7 Å². The average molecular weight is 383 g/mol. The van der Waals surface area contributed by atoms with E-state index < -0.39 is 0 Å². The fraction of sp³-hybridized carbons (Fsp3) is 0.188. The van der Waals surface area contributed by atoms with Crippen molar-refractivity contribution in [2.24, 2.45) is 0 Å². The Hall–Kier alpha value is -1.72. The Morgan fingerprint density at radius 2 is 2.05 bits per heavy atom. The zero-order valence-electron chi connectivity index (χ0n) is 11.6. The molecule has 2 aromatic carbocycles. The number of aromatic nitrogens is 1. The minimum Gasteiger partial charge on any atom is -0.492 e. The third-order valence-electron chi connectivity index (χ3n) is 3.25. The quantitative estimate of drug-likeness (QED) is 0.611. The second-order valence-corrected chi connectivity index (χ2v) is 6.09. The first-order chi connectivity index (χ1) is 10.6. The Morgan fingerprint density at radius 1 is 1.23 bits per heavy atom. The molecule has 0 atom stereocenters. The van der Waals surface area contributed by atoms with Crippen LogP contribution in [0, 0.1) is 0 Å². The van der Waals surface area contributed by atoms with Gasteiger partial charge in [0.15, 0.2) is 5.58 Å². The van der Waals surface area contributed by atoms with Crippen LogP contribution in [-0.4, -0.2) is 11.2 Å². The molecule has 6 heteroatoms. The summed E-state index contributed by atoms with van der Waals surface area (Å²) < 4.78 is 13.3. The number of fused-ring (bicyclic) bond motifs is 1. The molecule has 1 aromatic heterocycles. The largest absolute Gasteiger partial charge is 0.492 e. The summed E-state index contributed by atoms with van der Waals surface area (Å²) in [7, 11) is 0. The molecule has 1 heterocycles. The summed E-state index contributed by atoms with van der Waals surface area (Å²) in [6.45, 7) is 0.997. The van der Waals surface area contributed by atoms with Crippen molar-refractivity contribution < 1.29 is 9.15 Å². The molecule has 114 valence electrons. The number of aryl methyl sites for hydroxylation is 1. The van der Waals surface area contributed by atoms with Crippen LogP contribution in [0.3, 0.4) is 0 Å². The molecular formula is C16H13BrClNO3. The van der Waals surface area contributed by atoms with Crippen LogP contribution in [0.15, 0.2) is 56.1 Å². The molecule has 0 aliphatic rings. The number of nitrogens with zero attached hydrogens (tertiary/aromatic N) is 1.